The minimum absolute atomic E-state index is 0.0974. The molecule has 9 heteroatoms. The quantitative estimate of drug-likeness (QED) is 0.548. The first kappa shape index (κ1) is 21.2. The number of anilines is 2. The van der Waals surface area contributed by atoms with E-state index in [1.807, 2.05) is 13.8 Å². The Morgan fingerprint density at radius 2 is 1.52 bits per heavy atom. The Kier molecular flexibility index (Phi) is 6.85. The highest BCUT2D eigenvalue weighted by atomic mass is 32.2. The smallest absolute Gasteiger partial charge is 0.261 e. The van der Waals surface area contributed by atoms with E-state index in [9.17, 15) is 16.8 Å². The number of aryl methyl sites for hydroxylation is 1. The van der Waals surface area contributed by atoms with Crippen molar-refractivity contribution in [1.82, 2.24) is 0 Å². The SMILES string of the molecule is CCCCNc1ccc(S(N)(=O)=O)cc1NS(=O)(=O)c1ccc(CC)cc1. The Balaban J connectivity index is 2.40. The predicted molar refractivity (Wildman–Crippen MR) is 108 cm³/mol. The van der Waals surface area contributed by atoms with Crippen LogP contribution < -0.4 is 15.2 Å². The summed E-state index contributed by atoms with van der Waals surface area (Å²) in [6.07, 6.45) is 2.66. The minimum Gasteiger partial charge on any atom is -0.383 e. The maximum Gasteiger partial charge on any atom is 0.261 e. The summed E-state index contributed by atoms with van der Waals surface area (Å²) in [6, 6.07) is 10.6. The fourth-order valence-corrected chi connectivity index (χ4v) is 4.06. The van der Waals surface area contributed by atoms with Crippen LogP contribution >= 0.6 is 0 Å². The predicted octanol–water partition coefficient (Wildman–Crippen LogP) is 2.91. The maximum atomic E-state index is 12.7. The molecule has 0 aliphatic carbocycles. The van der Waals surface area contributed by atoms with Crippen molar-refractivity contribution in [3.63, 3.8) is 0 Å². The van der Waals surface area contributed by atoms with E-state index in [2.05, 4.69) is 10.0 Å². The summed E-state index contributed by atoms with van der Waals surface area (Å²) in [7, 11) is -7.84. The molecule has 4 N–H and O–H groups in total. The van der Waals surface area contributed by atoms with Crippen LogP contribution in [-0.4, -0.2) is 23.4 Å². The highest BCUT2D eigenvalue weighted by Crippen LogP contribution is 2.28. The Morgan fingerprint density at radius 1 is 0.889 bits per heavy atom. The van der Waals surface area contributed by atoms with Gasteiger partial charge in [0.05, 0.1) is 21.2 Å². The monoisotopic (exact) mass is 411 g/mol. The molecular weight excluding hydrogens is 386 g/mol. The third-order valence-electron chi connectivity index (χ3n) is 4.05. The van der Waals surface area contributed by atoms with Gasteiger partial charge in [-0.05, 0) is 48.7 Å². The molecule has 0 saturated carbocycles. The van der Waals surface area contributed by atoms with E-state index in [0.29, 0.717) is 12.2 Å². The van der Waals surface area contributed by atoms with Crippen LogP contribution in [0.2, 0.25) is 0 Å². The molecule has 0 aromatic heterocycles. The molecule has 0 saturated heterocycles. The first-order chi connectivity index (χ1) is 12.7. The van der Waals surface area contributed by atoms with Crippen LogP contribution in [0.25, 0.3) is 0 Å². The van der Waals surface area contributed by atoms with Crippen molar-refractivity contribution in [2.75, 3.05) is 16.6 Å². The molecule has 0 amide bonds. The molecule has 0 unspecified atom stereocenters. The van der Waals surface area contributed by atoms with Crippen molar-refractivity contribution >= 4 is 31.4 Å². The lowest BCUT2D eigenvalue weighted by atomic mass is 10.2. The Labute approximate surface area is 161 Å². The molecule has 0 heterocycles. The van der Waals surface area contributed by atoms with Gasteiger partial charge in [-0.2, -0.15) is 0 Å². The Morgan fingerprint density at radius 3 is 2.07 bits per heavy atom. The van der Waals surface area contributed by atoms with Gasteiger partial charge in [0.2, 0.25) is 10.0 Å². The zero-order valence-corrected chi connectivity index (χ0v) is 17.0. The summed E-state index contributed by atoms with van der Waals surface area (Å²) < 4.78 is 51.2. The minimum atomic E-state index is -3.96. The second kappa shape index (κ2) is 8.73. The van der Waals surface area contributed by atoms with Gasteiger partial charge >= 0.3 is 0 Å². The maximum absolute atomic E-state index is 12.7. The number of primary sulfonamides is 1. The van der Waals surface area contributed by atoms with Crippen molar-refractivity contribution < 1.29 is 16.8 Å². The van der Waals surface area contributed by atoms with Crippen LogP contribution in [0.1, 0.15) is 32.3 Å². The van der Waals surface area contributed by atoms with Crippen molar-refractivity contribution in [1.29, 1.82) is 0 Å². The van der Waals surface area contributed by atoms with Gasteiger partial charge < -0.3 is 5.32 Å². The first-order valence-electron chi connectivity index (χ1n) is 8.70. The first-order valence-corrected chi connectivity index (χ1v) is 11.7. The van der Waals surface area contributed by atoms with Gasteiger partial charge in [0, 0.05) is 6.54 Å². The molecule has 0 radical (unpaired) electrons. The lowest BCUT2D eigenvalue weighted by Crippen LogP contribution is -2.17. The number of unbranched alkanes of at least 4 members (excludes halogenated alkanes) is 1. The van der Waals surface area contributed by atoms with Crippen LogP contribution in [0.3, 0.4) is 0 Å². The standard InChI is InChI=1S/C18H25N3O4S2/c1-3-5-12-20-17-11-10-16(26(19,22)23)13-18(17)21-27(24,25)15-8-6-14(4-2)7-9-15/h6-11,13,20-21H,3-5,12H2,1-2H3,(H2,19,22,23). The fourth-order valence-electron chi connectivity index (χ4n) is 2.45. The van der Waals surface area contributed by atoms with Gasteiger partial charge in [-0.1, -0.05) is 32.4 Å². The molecule has 2 aromatic rings. The lowest BCUT2D eigenvalue weighted by molar-refractivity contribution is 0.596. The summed E-state index contributed by atoms with van der Waals surface area (Å²) in [5.74, 6) is 0. The molecule has 148 valence electrons. The highest BCUT2D eigenvalue weighted by Gasteiger charge is 2.18. The number of nitrogens with two attached hydrogens (primary N) is 1. The van der Waals surface area contributed by atoms with E-state index in [-0.39, 0.29) is 15.5 Å². The molecule has 7 nitrogen and oxygen atoms in total. The number of hydrogen-bond donors (Lipinski definition) is 3. The van der Waals surface area contributed by atoms with Gasteiger partial charge in [-0.15, -0.1) is 0 Å². The van der Waals surface area contributed by atoms with Gasteiger partial charge in [-0.3, -0.25) is 4.72 Å². The molecular formula is C18H25N3O4S2. The number of nitrogens with one attached hydrogen (secondary N) is 2. The van der Waals surface area contributed by atoms with E-state index < -0.39 is 20.0 Å². The summed E-state index contributed by atoms with van der Waals surface area (Å²) in [5, 5.41) is 8.30. The lowest BCUT2D eigenvalue weighted by Gasteiger charge is -2.15. The summed E-state index contributed by atoms with van der Waals surface area (Å²) in [5.41, 5.74) is 1.65. The number of sulfonamides is 2. The van der Waals surface area contributed by atoms with Crippen molar-refractivity contribution in [3.05, 3.63) is 48.0 Å². The molecule has 0 aliphatic heterocycles. The molecule has 0 aliphatic rings. The van der Waals surface area contributed by atoms with Crippen LogP contribution in [0, 0.1) is 0 Å². The largest absolute Gasteiger partial charge is 0.383 e. The molecule has 0 spiro atoms. The summed E-state index contributed by atoms with van der Waals surface area (Å²) in [4.78, 5) is -0.0669. The Hall–Kier alpha value is -2.10. The van der Waals surface area contributed by atoms with E-state index in [1.54, 1.807) is 12.1 Å². The Bertz CT molecular complexity index is 986. The van der Waals surface area contributed by atoms with Crippen molar-refractivity contribution in [2.45, 2.75) is 42.9 Å². The number of hydrogen-bond acceptors (Lipinski definition) is 5. The second-order valence-electron chi connectivity index (χ2n) is 6.14. The number of rotatable bonds is 9. The molecule has 0 bridgehead atoms. The zero-order valence-electron chi connectivity index (χ0n) is 15.4. The summed E-state index contributed by atoms with van der Waals surface area (Å²) in [6.45, 7) is 4.65. The molecule has 27 heavy (non-hydrogen) atoms. The van der Waals surface area contributed by atoms with Crippen LogP contribution in [-0.2, 0) is 26.5 Å². The zero-order chi connectivity index (χ0) is 20.1. The van der Waals surface area contributed by atoms with E-state index in [1.165, 1.54) is 30.3 Å². The van der Waals surface area contributed by atoms with Crippen molar-refractivity contribution in [2.24, 2.45) is 5.14 Å². The number of benzene rings is 2. The van der Waals surface area contributed by atoms with E-state index >= 15 is 0 Å². The van der Waals surface area contributed by atoms with E-state index in [4.69, 9.17) is 5.14 Å². The van der Waals surface area contributed by atoms with E-state index in [0.717, 1.165) is 24.8 Å². The van der Waals surface area contributed by atoms with Crippen molar-refractivity contribution in [3.8, 4) is 0 Å². The van der Waals surface area contributed by atoms with Crippen LogP contribution in [0.5, 0.6) is 0 Å². The van der Waals surface area contributed by atoms with Gasteiger partial charge in [-0.25, -0.2) is 22.0 Å². The average Bonchev–Trinajstić information content (AvgIpc) is 2.62. The summed E-state index contributed by atoms with van der Waals surface area (Å²) >= 11 is 0. The fraction of sp³-hybridized carbons (Fsp3) is 0.333. The van der Waals surface area contributed by atoms with Crippen LogP contribution in [0.15, 0.2) is 52.3 Å². The molecule has 0 atom stereocenters. The van der Waals surface area contributed by atoms with Gasteiger partial charge in [0.25, 0.3) is 10.0 Å². The molecule has 2 aromatic carbocycles. The third kappa shape index (κ3) is 5.69. The molecule has 0 fully saturated rings. The third-order valence-corrected chi connectivity index (χ3v) is 6.34. The highest BCUT2D eigenvalue weighted by molar-refractivity contribution is 7.92. The average molecular weight is 412 g/mol. The second-order valence-corrected chi connectivity index (χ2v) is 9.38. The topological polar surface area (TPSA) is 118 Å². The van der Waals surface area contributed by atoms with Gasteiger partial charge in [0.1, 0.15) is 0 Å². The van der Waals surface area contributed by atoms with Crippen LogP contribution in [0.4, 0.5) is 11.4 Å². The molecule has 2 rings (SSSR count). The normalized spacial score (nSPS) is 12.0. The van der Waals surface area contributed by atoms with Gasteiger partial charge in [0.15, 0.2) is 0 Å².